The lowest BCUT2D eigenvalue weighted by Crippen LogP contribution is -2.37. The number of nitrogens with two attached hydrogens (primary N) is 1. The van der Waals surface area contributed by atoms with Gasteiger partial charge in [-0.05, 0) is 6.42 Å². The van der Waals surface area contributed by atoms with E-state index in [0.717, 1.165) is 0 Å². The summed E-state index contributed by atoms with van der Waals surface area (Å²) in [6.07, 6.45) is 0.0343. The normalized spacial score (nSPS) is 29.1. The first kappa shape index (κ1) is 9.85. The first-order valence-electron chi connectivity index (χ1n) is 3.66. The highest BCUT2D eigenvalue weighted by molar-refractivity contribution is 7.91. The molecule has 0 amide bonds. The maximum Gasteiger partial charge on any atom is 0.263 e. The topological polar surface area (TPSA) is 60.2 Å². The fourth-order valence-corrected chi connectivity index (χ4v) is 3.13. The maximum atomic E-state index is 12.8. The molecule has 0 aromatic carbocycles. The van der Waals surface area contributed by atoms with E-state index in [-0.39, 0.29) is 12.2 Å². The van der Waals surface area contributed by atoms with E-state index in [2.05, 4.69) is 0 Å². The third kappa shape index (κ3) is 1.92. The number of sulfone groups is 1. The number of hydrogen-bond acceptors (Lipinski definition) is 3. The van der Waals surface area contributed by atoms with E-state index in [1.165, 1.54) is 0 Å². The van der Waals surface area contributed by atoms with Gasteiger partial charge in [-0.15, -0.1) is 0 Å². The van der Waals surface area contributed by atoms with Crippen LogP contribution in [0.3, 0.4) is 0 Å². The van der Waals surface area contributed by atoms with Gasteiger partial charge in [0.15, 0.2) is 9.84 Å². The molecule has 0 spiro atoms. The summed E-state index contributed by atoms with van der Waals surface area (Å²) < 4.78 is 47.3. The van der Waals surface area contributed by atoms with Gasteiger partial charge in [-0.1, -0.05) is 0 Å². The summed E-state index contributed by atoms with van der Waals surface area (Å²) in [4.78, 5) is 0. The average Bonchev–Trinajstić information content (AvgIpc) is 2.31. The van der Waals surface area contributed by atoms with Gasteiger partial charge >= 0.3 is 0 Å². The van der Waals surface area contributed by atoms with Crippen molar-refractivity contribution in [2.24, 2.45) is 11.7 Å². The summed E-state index contributed by atoms with van der Waals surface area (Å²) in [6, 6.07) is 0. The molecule has 3 nitrogen and oxygen atoms in total. The van der Waals surface area contributed by atoms with Gasteiger partial charge in [0.1, 0.15) is 0 Å². The summed E-state index contributed by atoms with van der Waals surface area (Å²) in [5.74, 6) is -4.65. The van der Waals surface area contributed by atoms with Gasteiger partial charge in [-0.25, -0.2) is 17.2 Å². The molecule has 1 heterocycles. The van der Waals surface area contributed by atoms with Crippen LogP contribution in [-0.4, -0.2) is 32.4 Å². The SMILES string of the molecule is NCC(F)(F)C1CCS(=O)(=O)C1. The molecule has 1 unspecified atom stereocenters. The highest BCUT2D eigenvalue weighted by Crippen LogP contribution is 2.32. The lowest BCUT2D eigenvalue weighted by Gasteiger charge is -2.19. The zero-order valence-corrected chi connectivity index (χ0v) is 7.28. The molecule has 2 N–H and O–H groups in total. The summed E-state index contributed by atoms with van der Waals surface area (Å²) in [7, 11) is -3.22. The number of alkyl halides is 2. The Kier molecular flexibility index (Phi) is 2.40. The molecule has 0 aromatic heterocycles. The molecule has 1 saturated heterocycles. The van der Waals surface area contributed by atoms with Crippen molar-refractivity contribution in [1.82, 2.24) is 0 Å². The van der Waals surface area contributed by atoms with Crippen LogP contribution in [0.25, 0.3) is 0 Å². The zero-order valence-electron chi connectivity index (χ0n) is 6.46. The largest absolute Gasteiger partial charge is 0.325 e. The van der Waals surface area contributed by atoms with E-state index >= 15 is 0 Å². The first-order valence-corrected chi connectivity index (χ1v) is 5.48. The highest BCUT2D eigenvalue weighted by atomic mass is 32.2. The van der Waals surface area contributed by atoms with Crippen LogP contribution >= 0.6 is 0 Å². The van der Waals surface area contributed by atoms with Crippen molar-refractivity contribution in [2.75, 3.05) is 18.1 Å². The van der Waals surface area contributed by atoms with Crippen molar-refractivity contribution in [3.8, 4) is 0 Å². The minimum absolute atomic E-state index is 0.0343. The highest BCUT2D eigenvalue weighted by Gasteiger charge is 2.44. The average molecular weight is 199 g/mol. The number of hydrogen-bond donors (Lipinski definition) is 1. The smallest absolute Gasteiger partial charge is 0.263 e. The summed E-state index contributed by atoms with van der Waals surface area (Å²) in [5, 5.41) is 0. The van der Waals surface area contributed by atoms with E-state index in [1.54, 1.807) is 0 Å². The van der Waals surface area contributed by atoms with Crippen LogP contribution in [0.4, 0.5) is 8.78 Å². The van der Waals surface area contributed by atoms with Crippen molar-refractivity contribution in [2.45, 2.75) is 12.3 Å². The molecule has 1 fully saturated rings. The molecular formula is C6H11F2NO2S. The maximum absolute atomic E-state index is 12.8. The van der Waals surface area contributed by atoms with Gasteiger partial charge in [0.2, 0.25) is 0 Å². The molecule has 12 heavy (non-hydrogen) atoms. The Labute approximate surface area is 69.9 Å². The standard InChI is InChI=1S/C6H11F2NO2S/c7-6(8,4-9)5-1-2-12(10,11)3-5/h5H,1-4,9H2. The van der Waals surface area contributed by atoms with E-state index in [4.69, 9.17) is 5.73 Å². The number of halogens is 2. The van der Waals surface area contributed by atoms with Crippen LogP contribution < -0.4 is 5.73 Å². The van der Waals surface area contributed by atoms with Crippen LogP contribution in [-0.2, 0) is 9.84 Å². The Hall–Kier alpha value is -0.230. The second kappa shape index (κ2) is 2.92. The molecule has 0 aromatic rings. The molecule has 1 atom stereocenters. The minimum Gasteiger partial charge on any atom is -0.325 e. The first-order chi connectivity index (χ1) is 5.37. The number of rotatable bonds is 2. The van der Waals surface area contributed by atoms with Crippen LogP contribution in [0.15, 0.2) is 0 Å². The molecule has 1 aliphatic rings. The minimum atomic E-state index is -3.22. The summed E-state index contributed by atoms with van der Waals surface area (Å²) in [6.45, 7) is -0.771. The quantitative estimate of drug-likeness (QED) is 0.681. The van der Waals surface area contributed by atoms with Gasteiger partial charge in [0.05, 0.1) is 18.1 Å². The molecule has 1 aliphatic heterocycles. The van der Waals surface area contributed by atoms with E-state index in [0.29, 0.717) is 0 Å². The van der Waals surface area contributed by atoms with Gasteiger partial charge in [0.25, 0.3) is 5.92 Å². The van der Waals surface area contributed by atoms with Crippen LogP contribution in [0, 0.1) is 5.92 Å². The summed E-state index contributed by atoms with van der Waals surface area (Å²) >= 11 is 0. The molecule has 1 rings (SSSR count). The van der Waals surface area contributed by atoms with Crippen molar-refractivity contribution < 1.29 is 17.2 Å². The zero-order chi connectivity index (χ0) is 9.41. The van der Waals surface area contributed by atoms with Crippen LogP contribution in [0.2, 0.25) is 0 Å². The molecule has 0 saturated carbocycles. The Morgan fingerprint density at radius 3 is 2.42 bits per heavy atom. The van der Waals surface area contributed by atoms with Crippen LogP contribution in [0.5, 0.6) is 0 Å². The fraction of sp³-hybridized carbons (Fsp3) is 1.00. The van der Waals surface area contributed by atoms with E-state index < -0.39 is 34.0 Å². The van der Waals surface area contributed by atoms with Crippen molar-refractivity contribution in [3.05, 3.63) is 0 Å². The molecule has 72 valence electrons. The molecule has 0 aliphatic carbocycles. The lowest BCUT2D eigenvalue weighted by atomic mass is 10.0. The Bertz CT molecular complexity index is 263. The van der Waals surface area contributed by atoms with E-state index in [1.807, 2.05) is 0 Å². The molecule has 6 heteroatoms. The van der Waals surface area contributed by atoms with Gasteiger partial charge < -0.3 is 5.73 Å². The predicted molar refractivity (Wildman–Crippen MR) is 40.8 cm³/mol. The summed E-state index contributed by atoms with van der Waals surface area (Å²) in [5.41, 5.74) is 4.83. The monoisotopic (exact) mass is 199 g/mol. The molecular weight excluding hydrogens is 188 g/mol. The Balaban J connectivity index is 2.70. The second-order valence-corrected chi connectivity index (χ2v) is 5.29. The van der Waals surface area contributed by atoms with Gasteiger partial charge in [-0.2, -0.15) is 0 Å². The third-order valence-electron chi connectivity index (χ3n) is 2.10. The Morgan fingerprint density at radius 2 is 2.08 bits per heavy atom. The van der Waals surface area contributed by atoms with Crippen molar-refractivity contribution >= 4 is 9.84 Å². The van der Waals surface area contributed by atoms with Gasteiger partial charge in [-0.3, -0.25) is 0 Å². The van der Waals surface area contributed by atoms with Crippen molar-refractivity contribution in [3.63, 3.8) is 0 Å². The third-order valence-corrected chi connectivity index (χ3v) is 3.87. The fourth-order valence-electron chi connectivity index (χ4n) is 1.29. The second-order valence-electron chi connectivity index (χ2n) is 3.07. The van der Waals surface area contributed by atoms with Crippen molar-refractivity contribution in [1.29, 1.82) is 0 Å². The Morgan fingerprint density at radius 1 is 1.50 bits per heavy atom. The van der Waals surface area contributed by atoms with Crippen LogP contribution in [0.1, 0.15) is 6.42 Å². The van der Waals surface area contributed by atoms with E-state index in [9.17, 15) is 17.2 Å². The lowest BCUT2D eigenvalue weighted by molar-refractivity contribution is -0.0390. The molecule has 0 radical (unpaired) electrons. The molecule has 0 bridgehead atoms. The van der Waals surface area contributed by atoms with Gasteiger partial charge in [0, 0.05) is 5.92 Å². The predicted octanol–water partition coefficient (Wildman–Crippen LogP) is 0.0151.